The summed E-state index contributed by atoms with van der Waals surface area (Å²) >= 11 is 0. The number of nitrogens with one attached hydrogen (secondary N) is 1. The minimum Gasteiger partial charge on any atom is -0.477 e. The van der Waals surface area contributed by atoms with Crippen molar-refractivity contribution >= 4 is 5.97 Å². The molecule has 0 saturated carbocycles. The van der Waals surface area contributed by atoms with Crippen molar-refractivity contribution in [2.24, 2.45) is 0 Å². The molecule has 1 unspecified atom stereocenters. The summed E-state index contributed by atoms with van der Waals surface area (Å²) in [6, 6.07) is 0. The van der Waals surface area contributed by atoms with E-state index < -0.39 is 5.97 Å². The number of rotatable bonds is 1. The Bertz CT molecular complexity index is 365. The third-order valence-corrected chi connectivity index (χ3v) is 2.91. The van der Waals surface area contributed by atoms with Crippen molar-refractivity contribution in [2.45, 2.75) is 32.6 Å². The second-order valence-corrected chi connectivity index (χ2v) is 3.76. The van der Waals surface area contributed by atoms with Crippen LogP contribution < -0.4 is 0 Å². The number of hydrogen-bond acceptors (Lipinski definition) is 1. The molecule has 2 N–H and O–H groups in total. The topological polar surface area (TPSA) is 53.1 Å². The number of aryl methyl sites for hydroxylation is 1. The van der Waals surface area contributed by atoms with Crippen molar-refractivity contribution in [1.29, 1.82) is 0 Å². The fraction of sp³-hybridized carbons (Fsp3) is 0.500. The minimum absolute atomic E-state index is 0.372. The van der Waals surface area contributed by atoms with Gasteiger partial charge in [0.15, 0.2) is 0 Å². The van der Waals surface area contributed by atoms with Crippen molar-refractivity contribution in [2.75, 3.05) is 0 Å². The van der Waals surface area contributed by atoms with Crippen molar-refractivity contribution in [3.63, 3.8) is 0 Å². The summed E-state index contributed by atoms with van der Waals surface area (Å²) in [6.07, 6.45) is 2.13. The lowest BCUT2D eigenvalue weighted by Gasteiger charge is -2.02. The van der Waals surface area contributed by atoms with Gasteiger partial charge in [0, 0.05) is 5.69 Å². The van der Waals surface area contributed by atoms with Gasteiger partial charge in [-0.2, -0.15) is 0 Å². The predicted molar refractivity (Wildman–Crippen MR) is 49.2 cm³/mol. The molecule has 3 nitrogen and oxygen atoms in total. The first-order chi connectivity index (χ1) is 6.11. The van der Waals surface area contributed by atoms with Gasteiger partial charge in [-0.05, 0) is 36.8 Å². The Morgan fingerprint density at radius 2 is 2.31 bits per heavy atom. The Hall–Kier alpha value is -1.25. The first kappa shape index (κ1) is 8.35. The summed E-state index contributed by atoms with van der Waals surface area (Å²) in [4.78, 5) is 13.8. The van der Waals surface area contributed by atoms with Crippen LogP contribution in [-0.4, -0.2) is 16.1 Å². The quantitative estimate of drug-likeness (QED) is 0.693. The van der Waals surface area contributed by atoms with E-state index in [0.717, 1.165) is 24.1 Å². The highest BCUT2D eigenvalue weighted by Gasteiger charge is 2.26. The summed E-state index contributed by atoms with van der Waals surface area (Å²) < 4.78 is 0. The number of carboxylic acid groups (broad SMARTS) is 1. The first-order valence-corrected chi connectivity index (χ1v) is 4.56. The summed E-state index contributed by atoms with van der Waals surface area (Å²) in [7, 11) is 0. The van der Waals surface area contributed by atoms with Crippen LogP contribution in [-0.2, 0) is 6.42 Å². The molecule has 0 aliphatic heterocycles. The van der Waals surface area contributed by atoms with Crippen LogP contribution in [0.3, 0.4) is 0 Å². The molecule has 1 heterocycles. The average Bonchev–Trinajstić information content (AvgIpc) is 2.55. The monoisotopic (exact) mass is 179 g/mol. The van der Waals surface area contributed by atoms with Crippen LogP contribution in [0.1, 0.15) is 46.6 Å². The molecule has 0 bridgehead atoms. The zero-order valence-corrected chi connectivity index (χ0v) is 7.85. The third kappa shape index (κ3) is 1.07. The summed E-state index contributed by atoms with van der Waals surface area (Å²) in [6.45, 7) is 4.04. The largest absolute Gasteiger partial charge is 0.477 e. The van der Waals surface area contributed by atoms with E-state index in [9.17, 15) is 4.79 Å². The van der Waals surface area contributed by atoms with Crippen LogP contribution in [0.25, 0.3) is 0 Å². The predicted octanol–water partition coefficient (Wildman–Crippen LogP) is 2.07. The Balaban J connectivity index is 2.56. The van der Waals surface area contributed by atoms with Gasteiger partial charge in [-0.3, -0.25) is 0 Å². The van der Waals surface area contributed by atoms with E-state index in [-0.39, 0.29) is 0 Å². The van der Waals surface area contributed by atoms with E-state index in [1.165, 1.54) is 5.56 Å². The lowest BCUT2D eigenvalue weighted by Crippen LogP contribution is -2.00. The first-order valence-electron chi connectivity index (χ1n) is 4.56. The van der Waals surface area contributed by atoms with Gasteiger partial charge in [0.25, 0.3) is 0 Å². The molecule has 0 spiro atoms. The third-order valence-electron chi connectivity index (χ3n) is 2.91. The smallest absolute Gasteiger partial charge is 0.352 e. The van der Waals surface area contributed by atoms with Gasteiger partial charge in [-0.25, -0.2) is 4.79 Å². The summed E-state index contributed by atoms with van der Waals surface area (Å²) in [5, 5.41) is 8.88. The fourth-order valence-corrected chi connectivity index (χ4v) is 2.26. The van der Waals surface area contributed by atoms with Crippen molar-refractivity contribution < 1.29 is 9.90 Å². The fourth-order valence-electron chi connectivity index (χ4n) is 2.26. The molecule has 0 fully saturated rings. The number of fused-ring (bicyclic) bond motifs is 1. The molecule has 0 saturated heterocycles. The van der Waals surface area contributed by atoms with Crippen LogP contribution in [0.4, 0.5) is 0 Å². The van der Waals surface area contributed by atoms with Gasteiger partial charge >= 0.3 is 5.97 Å². The highest BCUT2D eigenvalue weighted by Crippen LogP contribution is 2.36. The molecule has 13 heavy (non-hydrogen) atoms. The molecule has 1 aromatic rings. The second-order valence-electron chi connectivity index (χ2n) is 3.76. The lowest BCUT2D eigenvalue weighted by molar-refractivity contribution is 0.0690. The standard InChI is InChI=1S/C10H13NO2/c1-5-3-4-7-8(5)6(2)9(11-7)10(12)13/h5,11H,3-4H2,1-2H3,(H,12,13). The van der Waals surface area contributed by atoms with E-state index in [0.29, 0.717) is 11.6 Å². The van der Waals surface area contributed by atoms with Crippen molar-refractivity contribution in [3.05, 3.63) is 22.5 Å². The Morgan fingerprint density at radius 1 is 1.62 bits per heavy atom. The van der Waals surface area contributed by atoms with E-state index in [1.807, 2.05) is 6.92 Å². The molecule has 1 aromatic heterocycles. The molecule has 0 radical (unpaired) electrons. The number of hydrogen-bond donors (Lipinski definition) is 2. The normalized spacial score (nSPS) is 20.3. The number of carbonyl (C=O) groups is 1. The molecule has 70 valence electrons. The molecular weight excluding hydrogens is 166 g/mol. The number of H-pyrrole nitrogens is 1. The zero-order valence-electron chi connectivity index (χ0n) is 7.85. The maximum atomic E-state index is 10.8. The molecule has 1 aliphatic rings. The average molecular weight is 179 g/mol. The number of aromatic amines is 1. The zero-order chi connectivity index (χ0) is 9.59. The van der Waals surface area contributed by atoms with Gasteiger partial charge in [-0.15, -0.1) is 0 Å². The SMILES string of the molecule is Cc1c(C(=O)O)[nH]c2c1C(C)CC2. The van der Waals surface area contributed by atoms with Crippen LogP contribution in [0.5, 0.6) is 0 Å². The molecule has 0 amide bonds. The van der Waals surface area contributed by atoms with Gasteiger partial charge in [-0.1, -0.05) is 6.92 Å². The van der Waals surface area contributed by atoms with Crippen LogP contribution in [0, 0.1) is 6.92 Å². The number of aromatic nitrogens is 1. The second kappa shape index (κ2) is 2.62. The highest BCUT2D eigenvalue weighted by molar-refractivity contribution is 5.88. The Labute approximate surface area is 76.8 Å². The minimum atomic E-state index is -0.848. The van der Waals surface area contributed by atoms with E-state index in [4.69, 9.17) is 5.11 Å². The van der Waals surface area contributed by atoms with Gasteiger partial charge in [0.2, 0.25) is 0 Å². The Morgan fingerprint density at radius 3 is 2.85 bits per heavy atom. The van der Waals surface area contributed by atoms with Crippen LogP contribution >= 0.6 is 0 Å². The summed E-state index contributed by atoms with van der Waals surface area (Å²) in [5.41, 5.74) is 3.66. The van der Waals surface area contributed by atoms with Crippen LogP contribution in [0.2, 0.25) is 0 Å². The van der Waals surface area contributed by atoms with Gasteiger partial charge in [0.1, 0.15) is 5.69 Å². The molecule has 1 aliphatic carbocycles. The lowest BCUT2D eigenvalue weighted by atomic mass is 10.0. The van der Waals surface area contributed by atoms with Gasteiger partial charge in [0.05, 0.1) is 0 Å². The van der Waals surface area contributed by atoms with Crippen molar-refractivity contribution in [1.82, 2.24) is 4.98 Å². The highest BCUT2D eigenvalue weighted by atomic mass is 16.4. The van der Waals surface area contributed by atoms with E-state index >= 15 is 0 Å². The number of aromatic carboxylic acids is 1. The molecule has 1 atom stereocenters. The van der Waals surface area contributed by atoms with E-state index in [1.54, 1.807) is 0 Å². The van der Waals surface area contributed by atoms with Crippen LogP contribution in [0.15, 0.2) is 0 Å². The maximum absolute atomic E-state index is 10.8. The molecule has 0 aromatic carbocycles. The molecule has 3 heteroatoms. The van der Waals surface area contributed by atoms with Gasteiger partial charge < -0.3 is 10.1 Å². The Kier molecular flexibility index (Phi) is 1.68. The molecular formula is C10H13NO2. The van der Waals surface area contributed by atoms with Crippen molar-refractivity contribution in [3.8, 4) is 0 Å². The number of carboxylic acids is 1. The van der Waals surface area contributed by atoms with E-state index in [2.05, 4.69) is 11.9 Å². The molecule has 2 rings (SSSR count). The summed E-state index contributed by atoms with van der Waals surface area (Å²) in [5.74, 6) is -0.335. The maximum Gasteiger partial charge on any atom is 0.352 e.